The van der Waals surface area contributed by atoms with E-state index in [1.807, 2.05) is 24.3 Å². The lowest BCUT2D eigenvalue weighted by Gasteiger charge is -2.20. The Morgan fingerprint density at radius 3 is 2.56 bits per heavy atom. The number of oxime groups is 1. The second-order valence-electron chi connectivity index (χ2n) is 5.83. The molecule has 0 aliphatic carbocycles. The molecule has 0 aliphatic heterocycles. The maximum atomic E-state index is 9.95. The zero-order valence-corrected chi connectivity index (χ0v) is 15.7. The first-order chi connectivity index (χ1) is 11.6. The van der Waals surface area contributed by atoms with Gasteiger partial charge < -0.3 is 20.6 Å². The van der Waals surface area contributed by atoms with Crippen LogP contribution in [0.15, 0.2) is 47.6 Å². The number of hydrogen-bond acceptors (Lipinski definition) is 4. The van der Waals surface area contributed by atoms with Crippen molar-refractivity contribution in [2.75, 3.05) is 26.2 Å². The highest BCUT2D eigenvalue weighted by Crippen LogP contribution is 2.18. The lowest BCUT2D eigenvalue weighted by molar-refractivity contribution is 0.0205. The summed E-state index contributed by atoms with van der Waals surface area (Å²) in [6, 6.07) is 14.3. The highest BCUT2D eigenvalue weighted by Gasteiger charge is 2.09. The van der Waals surface area contributed by atoms with Gasteiger partial charge in [-0.3, -0.25) is 0 Å². The summed E-state index contributed by atoms with van der Waals surface area (Å²) in [4.78, 5) is 7.35. The lowest BCUT2D eigenvalue weighted by atomic mass is 10.0. The van der Waals surface area contributed by atoms with Crippen molar-refractivity contribution in [1.29, 1.82) is 0 Å². The first-order valence-corrected chi connectivity index (χ1v) is 8.45. The van der Waals surface area contributed by atoms with Gasteiger partial charge in [-0.05, 0) is 29.4 Å². The van der Waals surface area contributed by atoms with E-state index in [0.29, 0.717) is 18.8 Å². The monoisotopic (exact) mass is 365 g/mol. The molecule has 5 nitrogen and oxygen atoms in total. The van der Waals surface area contributed by atoms with E-state index in [1.54, 1.807) is 0 Å². The third-order valence-corrected chi connectivity index (χ3v) is 4.06. The van der Waals surface area contributed by atoms with Crippen molar-refractivity contribution in [2.45, 2.75) is 26.4 Å². The fourth-order valence-corrected chi connectivity index (χ4v) is 2.71. The summed E-state index contributed by atoms with van der Waals surface area (Å²) < 4.78 is 0. The van der Waals surface area contributed by atoms with E-state index in [1.165, 1.54) is 10.8 Å². The van der Waals surface area contributed by atoms with Gasteiger partial charge in [0.1, 0.15) is 18.5 Å². The van der Waals surface area contributed by atoms with Crippen LogP contribution >= 0.6 is 12.4 Å². The molecule has 0 fully saturated rings. The van der Waals surface area contributed by atoms with Crippen molar-refractivity contribution in [3.63, 3.8) is 0 Å². The van der Waals surface area contributed by atoms with Crippen LogP contribution in [0, 0.1) is 0 Å². The van der Waals surface area contributed by atoms with Crippen LogP contribution in [0.3, 0.4) is 0 Å². The lowest BCUT2D eigenvalue weighted by Crippen LogP contribution is -2.34. The minimum atomic E-state index is -0.570. The van der Waals surface area contributed by atoms with Gasteiger partial charge in [0.05, 0.1) is 0 Å². The van der Waals surface area contributed by atoms with Gasteiger partial charge in [0.15, 0.2) is 0 Å². The number of nitrogens with two attached hydrogens (primary N) is 1. The van der Waals surface area contributed by atoms with Crippen molar-refractivity contribution < 1.29 is 9.94 Å². The van der Waals surface area contributed by atoms with E-state index in [-0.39, 0.29) is 19.0 Å². The Kier molecular flexibility index (Phi) is 9.27. The minimum absolute atomic E-state index is 0. The number of likely N-dealkylation sites (N-methyl/N-ethyl adjacent to an activating group) is 1. The molecule has 2 rings (SSSR count). The minimum Gasteiger partial charge on any atom is -0.392 e. The Bertz CT molecular complexity index is 669. The molecule has 0 heterocycles. The van der Waals surface area contributed by atoms with Gasteiger partial charge in [-0.2, -0.15) is 0 Å². The van der Waals surface area contributed by atoms with Crippen LogP contribution in [-0.2, 0) is 11.3 Å². The molecule has 1 unspecified atom stereocenters. The number of amidine groups is 1. The average molecular weight is 366 g/mol. The van der Waals surface area contributed by atoms with Gasteiger partial charge in [0, 0.05) is 13.0 Å². The summed E-state index contributed by atoms with van der Waals surface area (Å²) in [5, 5.41) is 16.2. The van der Waals surface area contributed by atoms with Crippen LogP contribution in [0.1, 0.15) is 19.4 Å². The molecule has 0 spiro atoms. The van der Waals surface area contributed by atoms with Crippen molar-refractivity contribution >= 4 is 29.0 Å². The molecule has 0 bridgehead atoms. The first-order valence-electron chi connectivity index (χ1n) is 8.45. The van der Waals surface area contributed by atoms with Crippen molar-refractivity contribution in [2.24, 2.45) is 10.9 Å². The molecule has 2 aromatic rings. The van der Waals surface area contributed by atoms with Gasteiger partial charge >= 0.3 is 0 Å². The van der Waals surface area contributed by atoms with Gasteiger partial charge in [0.25, 0.3) is 0 Å². The van der Waals surface area contributed by atoms with Crippen LogP contribution in [0.4, 0.5) is 0 Å². The van der Waals surface area contributed by atoms with Crippen molar-refractivity contribution in [3.05, 3.63) is 48.0 Å². The fourth-order valence-electron chi connectivity index (χ4n) is 2.71. The molecule has 6 heteroatoms. The van der Waals surface area contributed by atoms with E-state index in [0.717, 1.165) is 18.7 Å². The topological polar surface area (TPSA) is 71.1 Å². The van der Waals surface area contributed by atoms with E-state index in [4.69, 9.17) is 10.6 Å². The van der Waals surface area contributed by atoms with Gasteiger partial charge in [0.2, 0.25) is 0 Å². The predicted molar refractivity (Wildman–Crippen MR) is 106 cm³/mol. The number of hydrogen-bond donors (Lipinski definition) is 2. The maximum Gasteiger partial charge on any atom is 0.144 e. The summed E-state index contributed by atoms with van der Waals surface area (Å²) in [6.45, 7) is 6.66. The summed E-state index contributed by atoms with van der Waals surface area (Å²) in [5.74, 6) is 0.404. The number of rotatable bonds is 9. The second-order valence-corrected chi connectivity index (χ2v) is 5.83. The molecule has 3 N–H and O–H groups in total. The standard InChI is InChI=1S/C19H27N3O2.ClH/c1-3-22(4-2)13-17(23)14-24-21-19(20)12-16-10-7-9-15-8-5-6-11-18(15)16;/h5-11,17,23H,3-4,12-14H2,1-2H3,(H2,20,21);1H. The molecule has 2 aromatic carbocycles. The van der Waals surface area contributed by atoms with Crippen LogP contribution in [-0.4, -0.2) is 48.2 Å². The van der Waals surface area contributed by atoms with Crippen molar-refractivity contribution in [3.8, 4) is 0 Å². The van der Waals surface area contributed by atoms with Gasteiger partial charge in [-0.25, -0.2) is 0 Å². The molecular weight excluding hydrogens is 338 g/mol. The van der Waals surface area contributed by atoms with Gasteiger partial charge in [-0.15, -0.1) is 12.4 Å². The molecule has 0 aliphatic rings. The normalized spacial score (nSPS) is 12.9. The third-order valence-electron chi connectivity index (χ3n) is 4.06. The zero-order chi connectivity index (χ0) is 17.4. The molecule has 0 saturated heterocycles. The second kappa shape index (κ2) is 10.9. The molecule has 0 aromatic heterocycles. The predicted octanol–water partition coefficient (Wildman–Crippen LogP) is 2.80. The van der Waals surface area contributed by atoms with Gasteiger partial charge in [-0.1, -0.05) is 61.5 Å². The van der Waals surface area contributed by atoms with E-state index in [2.05, 4.69) is 42.1 Å². The molecular formula is C19H28ClN3O2. The fraction of sp³-hybridized carbons (Fsp3) is 0.421. The van der Waals surface area contributed by atoms with Crippen LogP contribution in [0.5, 0.6) is 0 Å². The number of aliphatic hydroxyl groups excluding tert-OH is 1. The quantitative estimate of drug-likeness (QED) is 0.407. The summed E-state index contributed by atoms with van der Waals surface area (Å²) >= 11 is 0. The molecule has 1 atom stereocenters. The third kappa shape index (κ3) is 6.53. The first kappa shape index (κ1) is 21.2. The van der Waals surface area contributed by atoms with E-state index < -0.39 is 6.10 Å². The van der Waals surface area contributed by atoms with Crippen molar-refractivity contribution in [1.82, 2.24) is 4.90 Å². The molecule has 25 heavy (non-hydrogen) atoms. The summed E-state index contributed by atoms with van der Waals surface area (Å²) in [7, 11) is 0. The number of fused-ring (bicyclic) bond motifs is 1. The Morgan fingerprint density at radius 1 is 1.16 bits per heavy atom. The molecule has 0 saturated carbocycles. The number of benzene rings is 2. The van der Waals surface area contributed by atoms with E-state index in [9.17, 15) is 5.11 Å². The van der Waals surface area contributed by atoms with E-state index >= 15 is 0 Å². The van der Waals surface area contributed by atoms with Crippen LogP contribution in [0.25, 0.3) is 10.8 Å². The molecule has 0 amide bonds. The molecule has 138 valence electrons. The largest absolute Gasteiger partial charge is 0.392 e. The average Bonchev–Trinajstić information content (AvgIpc) is 2.60. The van der Waals surface area contributed by atoms with Crippen LogP contribution < -0.4 is 5.73 Å². The van der Waals surface area contributed by atoms with Crippen LogP contribution in [0.2, 0.25) is 0 Å². The Balaban J connectivity index is 0.00000312. The smallest absolute Gasteiger partial charge is 0.144 e. The number of aliphatic hydroxyl groups is 1. The number of nitrogens with zero attached hydrogens (tertiary/aromatic N) is 2. The Hall–Kier alpha value is -1.82. The number of halogens is 1. The SMILES string of the molecule is CCN(CC)CC(O)CON=C(N)Cc1cccc2ccccc12.Cl. The summed E-state index contributed by atoms with van der Waals surface area (Å²) in [5.41, 5.74) is 7.08. The highest BCUT2D eigenvalue weighted by molar-refractivity contribution is 5.91. The molecule has 0 radical (unpaired) electrons. The Labute approximate surface area is 155 Å². The Morgan fingerprint density at radius 2 is 1.84 bits per heavy atom. The zero-order valence-electron chi connectivity index (χ0n) is 14.9. The maximum absolute atomic E-state index is 9.95. The summed E-state index contributed by atoms with van der Waals surface area (Å²) in [6.07, 6.45) is -0.0490. The highest BCUT2D eigenvalue weighted by atomic mass is 35.5.